The van der Waals surface area contributed by atoms with Crippen molar-refractivity contribution in [3.63, 3.8) is 0 Å². The topological polar surface area (TPSA) is 119 Å². The lowest BCUT2D eigenvalue weighted by Gasteiger charge is -2.31. The Bertz CT molecular complexity index is 1120. The van der Waals surface area contributed by atoms with Gasteiger partial charge in [0.05, 0.1) is 6.54 Å². The third-order valence-electron chi connectivity index (χ3n) is 7.41. The average molecular weight is 573 g/mol. The first-order valence-corrected chi connectivity index (χ1v) is 15.4. The van der Waals surface area contributed by atoms with E-state index in [4.69, 9.17) is 9.26 Å². The van der Waals surface area contributed by atoms with Crippen molar-refractivity contribution in [3.8, 4) is 0 Å². The second kappa shape index (κ2) is 16.2. The normalized spacial score (nSPS) is 19.5. The fourth-order valence-corrected chi connectivity index (χ4v) is 6.16. The van der Waals surface area contributed by atoms with E-state index in [0.717, 1.165) is 18.4 Å². The molecule has 0 aliphatic carbocycles. The van der Waals surface area contributed by atoms with Gasteiger partial charge in [0.2, 0.25) is 6.10 Å². The Kier molecular flexibility index (Phi) is 12.7. The molecule has 9 nitrogen and oxygen atoms in total. The quantitative estimate of drug-likeness (QED) is 0.143. The minimum atomic E-state index is -2.13. The number of benzene rings is 2. The number of carbonyl (C=O) groups is 3. The van der Waals surface area contributed by atoms with Crippen molar-refractivity contribution >= 4 is 26.1 Å². The lowest BCUT2D eigenvalue weighted by atomic mass is 10.1. The number of amides is 3. The molecule has 2 aromatic carbocycles. The van der Waals surface area contributed by atoms with Crippen molar-refractivity contribution < 1.29 is 37.8 Å². The number of nitrogens with zero attached hydrogens (tertiary/aromatic N) is 1. The molecule has 1 fully saturated rings. The van der Waals surface area contributed by atoms with Gasteiger partial charge in [-0.15, -0.1) is 4.52 Å². The predicted octanol–water partition coefficient (Wildman–Crippen LogP) is 6.44. The zero-order valence-electron chi connectivity index (χ0n) is 23.2. The molecule has 4 atom stereocenters. The summed E-state index contributed by atoms with van der Waals surface area (Å²) in [6.07, 6.45) is 2.39. The van der Waals surface area contributed by atoms with Crippen molar-refractivity contribution in [2.75, 3.05) is 19.3 Å². The number of rotatable bonds is 15. The molecule has 1 heterocycles. The van der Waals surface area contributed by atoms with E-state index in [1.54, 1.807) is 6.92 Å². The number of aryl methyl sites for hydroxylation is 1. The third-order valence-corrected chi connectivity index (χ3v) is 8.59. The van der Waals surface area contributed by atoms with Crippen LogP contribution in [-0.4, -0.2) is 59.1 Å². The molecule has 3 amide bonds. The molecule has 1 aliphatic rings. The number of ether oxygens (including phenoxy) is 1. The van der Waals surface area contributed by atoms with Crippen LogP contribution < -0.4 is 5.32 Å². The highest BCUT2D eigenvalue weighted by atomic mass is 31.1. The van der Waals surface area contributed by atoms with Crippen molar-refractivity contribution in [1.82, 2.24) is 5.32 Å². The first kappa shape index (κ1) is 31.4. The molecule has 2 N–H and O–H groups in total. The fraction of sp³-hybridized carbons (Fsp3) is 0.500. The highest BCUT2D eigenvalue weighted by molar-refractivity contribution is 7.39. The van der Waals surface area contributed by atoms with E-state index in [-0.39, 0.29) is 25.6 Å². The second-order valence-electron chi connectivity index (χ2n) is 10.3. The van der Waals surface area contributed by atoms with Crippen LogP contribution in [0.5, 0.6) is 0 Å². The molecule has 216 valence electrons. The number of quaternary nitrogens is 1. The van der Waals surface area contributed by atoms with Crippen LogP contribution >= 0.6 is 8.03 Å². The number of imide groups is 1. The first-order chi connectivity index (χ1) is 19.3. The molecule has 1 saturated heterocycles. The number of carbonyl (C=O) groups excluding carboxylic acids is 2. The molecule has 2 unspecified atom stereocenters. The zero-order valence-corrected chi connectivity index (χ0v) is 24.1. The standard InChI is InChI=1S/C30H39N2O7P/c1-24-13-12-21-32(24,30(35)36)28(33)27(39-40(37)22-11-9-16-25-14-4-2-5-15-25)19-8-10-20-31-29(34)38-23-26-17-6-3-7-18-26/h2-7,14-15,17-18,24,27H,8-13,16,19-23H2,1H3/p+2/t24-,27+,32?/m1/s1. The van der Waals surface area contributed by atoms with Crippen LogP contribution in [0.1, 0.15) is 63.0 Å². The van der Waals surface area contributed by atoms with E-state index >= 15 is 0 Å². The first-order valence-electron chi connectivity index (χ1n) is 14.1. The zero-order chi connectivity index (χ0) is 28.8. The van der Waals surface area contributed by atoms with Crippen LogP contribution in [0.2, 0.25) is 0 Å². The van der Waals surface area contributed by atoms with Crippen molar-refractivity contribution in [1.29, 1.82) is 0 Å². The molecular formula is C30H41N2O7P+2. The number of hydrogen-bond donors (Lipinski definition) is 2. The maximum atomic E-state index is 13.6. The molecule has 1 aliphatic heterocycles. The molecule has 2 aromatic rings. The molecule has 40 heavy (non-hydrogen) atoms. The predicted molar refractivity (Wildman–Crippen MR) is 152 cm³/mol. The minimum Gasteiger partial charge on any atom is -0.445 e. The maximum Gasteiger partial charge on any atom is 0.521 e. The smallest absolute Gasteiger partial charge is 0.445 e. The largest absolute Gasteiger partial charge is 0.521 e. The number of nitrogens with one attached hydrogen (secondary N) is 1. The highest BCUT2D eigenvalue weighted by Gasteiger charge is 2.56. The monoisotopic (exact) mass is 572 g/mol. The van der Waals surface area contributed by atoms with Gasteiger partial charge in [0.1, 0.15) is 12.6 Å². The van der Waals surface area contributed by atoms with Gasteiger partial charge in [0.25, 0.3) is 0 Å². The number of unbranched alkanes of at least 4 members (excludes halogenated alkanes) is 2. The van der Waals surface area contributed by atoms with Crippen LogP contribution in [0.4, 0.5) is 9.59 Å². The Hall–Kier alpha value is -3.13. The molecule has 0 radical (unpaired) electrons. The van der Waals surface area contributed by atoms with Crippen LogP contribution in [-0.2, 0) is 31.6 Å². The van der Waals surface area contributed by atoms with Gasteiger partial charge in [-0.25, -0.2) is 9.59 Å². The van der Waals surface area contributed by atoms with E-state index in [1.807, 2.05) is 48.5 Å². The molecule has 0 bridgehead atoms. The molecular weight excluding hydrogens is 531 g/mol. The van der Waals surface area contributed by atoms with Crippen molar-refractivity contribution in [3.05, 3.63) is 71.8 Å². The number of alkyl carbamates (subject to hydrolysis) is 1. The average Bonchev–Trinajstić information content (AvgIpc) is 3.36. The maximum absolute atomic E-state index is 13.6. The van der Waals surface area contributed by atoms with E-state index in [9.17, 15) is 24.1 Å². The van der Waals surface area contributed by atoms with Crippen LogP contribution in [0.15, 0.2) is 60.7 Å². The molecule has 0 aromatic heterocycles. The van der Waals surface area contributed by atoms with Gasteiger partial charge in [-0.05, 0) is 61.1 Å². The number of likely N-dealkylation sites (tertiary alicyclic amines) is 1. The van der Waals surface area contributed by atoms with E-state index in [2.05, 4.69) is 17.4 Å². The van der Waals surface area contributed by atoms with Crippen molar-refractivity contribution in [2.24, 2.45) is 0 Å². The van der Waals surface area contributed by atoms with E-state index in [0.29, 0.717) is 44.8 Å². The summed E-state index contributed by atoms with van der Waals surface area (Å²) in [6, 6.07) is 19.0. The Labute approximate surface area is 237 Å². The summed E-state index contributed by atoms with van der Waals surface area (Å²) in [5.74, 6) is -0.541. The Morgan fingerprint density at radius 1 is 1.00 bits per heavy atom. The van der Waals surface area contributed by atoms with Crippen LogP contribution in [0, 0.1) is 0 Å². The van der Waals surface area contributed by atoms with Gasteiger partial charge in [0, 0.05) is 19.4 Å². The summed E-state index contributed by atoms with van der Waals surface area (Å²) in [7, 11) is -2.13. The number of carboxylic acid groups (broad SMARTS) is 1. The molecule has 10 heteroatoms. The summed E-state index contributed by atoms with van der Waals surface area (Å²) in [4.78, 5) is 37.9. The van der Waals surface area contributed by atoms with Gasteiger partial charge in [-0.1, -0.05) is 60.7 Å². The molecule has 3 rings (SSSR count). The highest BCUT2D eigenvalue weighted by Crippen LogP contribution is 2.34. The summed E-state index contributed by atoms with van der Waals surface area (Å²) in [5, 5.41) is 12.7. The Morgan fingerprint density at radius 2 is 1.68 bits per heavy atom. The van der Waals surface area contributed by atoms with Gasteiger partial charge < -0.3 is 15.2 Å². The second-order valence-corrected chi connectivity index (χ2v) is 11.6. The minimum absolute atomic E-state index is 0.170. The summed E-state index contributed by atoms with van der Waals surface area (Å²) >= 11 is 0. The molecule has 0 saturated carbocycles. The summed E-state index contributed by atoms with van der Waals surface area (Å²) in [6.45, 7) is 2.47. The van der Waals surface area contributed by atoms with Crippen LogP contribution in [0.3, 0.4) is 0 Å². The van der Waals surface area contributed by atoms with Gasteiger partial charge in [-0.3, -0.25) is 0 Å². The lowest BCUT2D eigenvalue weighted by molar-refractivity contribution is -0.794. The fourth-order valence-electron chi connectivity index (χ4n) is 5.09. The van der Waals surface area contributed by atoms with E-state index < -0.39 is 36.7 Å². The van der Waals surface area contributed by atoms with Crippen molar-refractivity contribution in [2.45, 2.75) is 77.0 Å². The third kappa shape index (κ3) is 9.22. The molecule has 0 spiro atoms. The van der Waals surface area contributed by atoms with Gasteiger partial charge >= 0.3 is 26.1 Å². The Balaban J connectivity index is 1.49. The summed E-state index contributed by atoms with van der Waals surface area (Å²) in [5.41, 5.74) is 2.09. The van der Waals surface area contributed by atoms with Gasteiger partial charge in [0.15, 0.2) is 6.16 Å². The summed E-state index contributed by atoms with van der Waals surface area (Å²) < 4.78 is 23.2. The lowest BCUT2D eigenvalue weighted by Crippen LogP contribution is -2.61. The SMILES string of the molecule is C[C@@H]1CCC[N+]1(C(=O)O)C(=O)[C@H](CCCCNC(=O)OCc1ccccc1)O[P+](=O)CCCCc1ccccc1. The van der Waals surface area contributed by atoms with E-state index in [1.165, 1.54) is 5.56 Å². The van der Waals surface area contributed by atoms with Crippen LogP contribution in [0.25, 0.3) is 0 Å². The number of hydrogen-bond acceptors (Lipinski definition) is 6. The van der Waals surface area contributed by atoms with Gasteiger partial charge in [-0.2, -0.15) is 9.28 Å². The Morgan fingerprint density at radius 3 is 2.30 bits per heavy atom.